The molecule has 1 aliphatic heterocycles. The Bertz CT molecular complexity index is 1250. The molecule has 8 heteroatoms. The van der Waals surface area contributed by atoms with Crippen molar-refractivity contribution >= 4 is 22.8 Å². The molecule has 4 rings (SSSR count). The molecule has 0 bridgehead atoms. The standard InChI is InChI=1S/C25H25F3N2O3/c1-13(2)33-24(32)17-11-30(23(31)14-5-7-18(27)19(28)9-14)12-25(3,4)21-16-10-15(26)6-8-20(16)29-22(17)21/h5-10,13,17,29H,11-12H2,1-4H3. The molecule has 1 aliphatic rings. The second-order valence-electron chi connectivity index (χ2n) is 9.34. The number of rotatable bonds is 3. The fourth-order valence-corrected chi connectivity index (χ4v) is 4.58. The van der Waals surface area contributed by atoms with E-state index >= 15 is 0 Å². The zero-order valence-electron chi connectivity index (χ0n) is 18.8. The van der Waals surface area contributed by atoms with Gasteiger partial charge in [0.05, 0.1) is 6.10 Å². The number of fused-ring (bicyclic) bond motifs is 3. The van der Waals surface area contributed by atoms with E-state index in [2.05, 4.69) is 4.98 Å². The first kappa shape index (κ1) is 22.9. The van der Waals surface area contributed by atoms with Crippen LogP contribution in [0.4, 0.5) is 13.2 Å². The summed E-state index contributed by atoms with van der Waals surface area (Å²) in [7, 11) is 0. The van der Waals surface area contributed by atoms with Crippen LogP contribution in [-0.2, 0) is 14.9 Å². The molecule has 1 unspecified atom stereocenters. The SMILES string of the molecule is CC(C)OC(=O)C1CN(C(=O)c2ccc(F)c(F)c2)CC(C)(C)c2c1[nH]c1ccc(F)cc21. The van der Waals surface area contributed by atoms with Crippen molar-refractivity contribution in [3.8, 4) is 0 Å². The maximum atomic E-state index is 14.1. The Hall–Kier alpha value is -3.29. The second-order valence-corrected chi connectivity index (χ2v) is 9.34. The summed E-state index contributed by atoms with van der Waals surface area (Å²) in [5, 5.41) is 0.625. The number of aromatic nitrogens is 1. The number of esters is 1. The van der Waals surface area contributed by atoms with Crippen LogP contribution >= 0.6 is 0 Å². The third-order valence-corrected chi connectivity index (χ3v) is 5.89. The maximum Gasteiger partial charge on any atom is 0.317 e. The number of hydrogen-bond donors (Lipinski definition) is 1. The zero-order chi connectivity index (χ0) is 24.1. The summed E-state index contributed by atoms with van der Waals surface area (Å²) < 4.78 is 46.8. The molecule has 1 aromatic heterocycles. The molecule has 0 saturated carbocycles. The fourth-order valence-electron chi connectivity index (χ4n) is 4.58. The van der Waals surface area contributed by atoms with Crippen LogP contribution < -0.4 is 0 Å². The predicted octanol–water partition coefficient (Wildman–Crippen LogP) is 5.05. The van der Waals surface area contributed by atoms with Crippen molar-refractivity contribution in [2.45, 2.75) is 45.1 Å². The number of H-pyrrole nitrogens is 1. The Morgan fingerprint density at radius 1 is 1.09 bits per heavy atom. The molecular formula is C25H25F3N2O3. The number of aromatic amines is 1. The van der Waals surface area contributed by atoms with E-state index in [1.165, 1.54) is 23.1 Å². The van der Waals surface area contributed by atoms with Gasteiger partial charge in [0.1, 0.15) is 11.7 Å². The summed E-state index contributed by atoms with van der Waals surface area (Å²) in [6.45, 7) is 7.38. The molecule has 0 spiro atoms. The molecule has 1 amide bonds. The van der Waals surface area contributed by atoms with Gasteiger partial charge in [-0.15, -0.1) is 0 Å². The van der Waals surface area contributed by atoms with Gasteiger partial charge in [0.25, 0.3) is 5.91 Å². The normalized spacial score (nSPS) is 17.7. The van der Waals surface area contributed by atoms with Gasteiger partial charge < -0.3 is 14.6 Å². The van der Waals surface area contributed by atoms with Gasteiger partial charge >= 0.3 is 5.97 Å². The summed E-state index contributed by atoms with van der Waals surface area (Å²) in [6, 6.07) is 7.32. The molecule has 3 aromatic rings. The molecule has 5 nitrogen and oxygen atoms in total. The van der Waals surface area contributed by atoms with E-state index in [-0.39, 0.29) is 24.8 Å². The number of amides is 1. The number of nitrogens with one attached hydrogen (secondary N) is 1. The van der Waals surface area contributed by atoms with Crippen molar-refractivity contribution in [2.75, 3.05) is 13.1 Å². The van der Waals surface area contributed by atoms with E-state index in [4.69, 9.17) is 4.74 Å². The average Bonchev–Trinajstić information content (AvgIpc) is 3.05. The van der Waals surface area contributed by atoms with E-state index in [0.717, 1.165) is 17.7 Å². The highest BCUT2D eigenvalue weighted by Crippen LogP contribution is 2.41. The Labute approximate surface area is 189 Å². The molecule has 33 heavy (non-hydrogen) atoms. The number of halogens is 3. The average molecular weight is 458 g/mol. The first-order valence-corrected chi connectivity index (χ1v) is 10.7. The largest absolute Gasteiger partial charge is 0.462 e. The number of nitrogens with zero attached hydrogens (tertiary/aromatic N) is 1. The Balaban J connectivity index is 1.84. The van der Waals surface area contributed by atoms with Gasteiger partial charge in [0.2, 0.25) is 0 Å². The Morgan fingerprint density at radius 3 is 2.48 bits per heavy atom. The second kappa shape index (κ2) is 8.24. The maximum absolute atomic E-state index is 14.1. The topological polar surface area (TPSA) is 62.4 Å². The summed E-state index contributed by atoms with van der Waals surface area (Å²) in [5.41, 5.74) is 1.25. The van der Waals surface area contributed by atoms with Crippen LogP contribution in [0.25, 0.3) is 10.9 Å². The number of hydrogen-bond acceptors (Lipinski definition) is 3. The van der Waals surface area contributed by atoms with Crippen LogP contribution in [-0.4, -0.2) is 41.0 Å². The van der Waals surface area contributed by atoms with Crippen molar-refractivity contribution in [1.29, 1.82) is 0 Å². The third kappa shape index (κ3) is 4.21. The lowest BCUT2D eigenvalue weighted by Crippen LogP contribution is -2.41. The Kier molecular flexibility index (Phi) is 5.72. The van der Waals surface area contributed by atoms with Gasteiger partial charge in [-0.2, -0.15) is 0 Å². The van der Waals surface area contributed by atoms with Gasteiger partial charge in [0.15, 0.2) is 11.6 Å². The molecule has 2 aromatic carbocycles. The first-order chi connectivity index (χ1) is 15.5. The summed E-state index contributed by atoms with van der Waals surface area (Å²) in [6.07, 6.45) is -0.380. The molecule has 0 radical (unpaired) electrons. The van der Waals surface area contributed by atoms with Crippen LogP contribution in [0, 0.1) is 17.5 Å². The van der Waals surface area contributed by atoms with Gasteiger partial charge in [-0.3, -0.25) is 9.59 Å². The van der Waals surface area contributed by atoms with Gasteiger partial charge in [0, 0.05) is 40.7 Å². The number of ether oxygens (including phenoxy) is 1. The minimum absolute atomic E-state index is 0.0258. The van der Waals surface area contributed by atoms with Gasteiger partial charge in [-0.25, -0.2) is 13.2 Å². The van der Waals surface area contributed by atoms with Crippen LogP contribution in [0.1, 0.15) is 55.2 Å². The molecule has 0 aliphatic carbocycles. The predicted molar refractivity (Wildman–Crippen MR) is 118 cm³/mol. The van der Waals surface area contributed by atoms with Gasteiger partial charge in [-0.05, 0) is 55.8 Å². The summed E-state index contributed by atoms with van der Waals surface area (Å²) in [4.78, 5) is 31.1. The zero-order valence-corrected chi connectivity index (χ0v) is 18.8. The van der Waals surface area contributed by atoms with Crippen LogP contribution in [0.3, 0.4) is 0 Å². The van der Waals surface area contributed by atoms with E-state index in [0.29, 0.717) is 16.6 Å². The lowest BCUT2D eigenvalue weighted by atomic mass is 9.81. The molecule has 2 heterocycles. The minimum Gasteiger partial charge on any atom is -0.462 e. The quantitative estimate of drug-likeness (QED) is 0.559. The number of benzene rings is 2. The van der Waals surface area contributed by atoms with Crippen LogP contribution in [0.5, 0.6) is 0 Å². The van der Waals surface area contributed by atoms with E-state index in [1.807, 2.05) is 13.8 Å². The van der Waals surface area contributed by atoms with Crippen LogP contribution in [0.15, 0.2) is 36.4 Å². The van der Waals surface area contributed by atoms with Crippen molar-refractivity contribution in [3.63, 3.8) is 0 Å². The summed E-state index contributed by atoms with van der Waals surface area (Å²) >= 11 is 0. The van der Waals surface area contributed by atoms with Crippen molar-refractivity contribution in [1.82, 2.24) is 9.88 Å². The van der Waals surface area contributed by atoms with Crippen LogP contribution in [0.2, 0.25) is 0 Å². The van der Waals surface area contributed by atoms with Crippen molar-refractivity contribution in [3.05, 3.63) is 70.7 Å². The highest BCUT2D eigenvalue weighted by atomic mass is 19.2. The smallest absolute Gasteiger partial charge is 0.317 e. The molecule has 0 fully saturated rings. The van der Waals surface area contributed by atoms with E-state index in [9.17, 15) is 22.8 Å². The molecular weight excluding hydrogens is 433 g/mol. The van der Waals surface area contributed by atoms with Crippen molar-refractivity contribution < 1.29 is 27.5 Å². The molecule has 1 N–H and O–H groups in total. The lowest BCUT2D eigenvalue weighted by molar-refractivity contribution is -0.149. The minimum atomic E-state index is -1.13. The highest BCUT2D eigenvalue weighted by molar-refractivity contribution is 5.96. The van der Waals surface area contributed by atoms with E-state index in [1.54, 1.807) is 19.9 Å². The highest BCUT2D eigenvalue weighted by Gasteiger charge is 2.42. The fraction of sp³-hybridized carbons (Fsp3) is 0.360. The summed E-state index contributed by atoms with van der Waals surface area (Å²) in [5.74, 6) is -4.53. The van der Waals surface area contributed by atoms with Gasteiger partial charge in [-0.1, -0.05) is 13.8 Å². The first-order valence-electron chi connectivity index (χ1n) is 10.7. The van der Waals surface area contributed by atoms with Crippen molar-refractivity contribution in [2.24, 2.45) is 0 Å². The molecule has 0 saturated heterocycles. The number of carbonyl (C=O) groups is 2. The third-order valence-electron chi connectivity index (χ3n) is 5.89. The molecule has 1 atom stereocenters. The molecule has 174 valence electrons. The van der Waals surface area contributed by atoms with E-state index < -0.39 is 40.7 Å². The monoisotopic (exact) mass is 458 g/mol. The lowest BCUT2D eigenvalue weighted by Gasteiger charge is -2.31. The number of carbonyl (C=O) groups excluding carboxylic acids is 2. The Morgan fingerprint density at radius 2 is 1.82 bits per heavy atom.